The van der Waals surface area contributed by atoms with E-state index in [1.165, 1.54) is 12.1 Å². The first-order chi connectivity index (χ1) is 7.06. The Hall–Kier alpha value is -1.35. The summed E-state index contributed by atoms with van der Waals surface area (Å²) in [6, 6.07) is 5.66. The molecule has 0 amide bonds. The molecule has 0 aromatic heterocycles. The standard InChI is InChI=1S/C9H8ClN3O2.ClH/c10-7-2-1-6(8(12)3-4-11)5-9(7)13(14)15;/h1-2,5,8H,3,12H2;1H/t8-;/m1./s1. The fraction of sp³-hybridized carbons (Fsp3) is 0.222. The highest BCUT2D eigenvalue weighted by molar-refractivity contribution is 6.32. The van der Waals surface area contributed by atoms with E-state index < -0.39 is 11.0 Å². The Balaban J connectivity index is 0.00000225. The summed E-state index contributed by atoms with van der Waals surface area (Å²) < 4.78 is 0. The van der Waals surface area contributed by atoms with Gasteiger partial charge in [0, 0.05) is 12.1 Å². The third kappa shape index (κ3) is 3.35. The molecule has 0 radical (unpaired) electrons. The van der Waals surface area contributed by atoms with E-state index >= 15 is 0 Å². The van der Waals surface area contributed by atoms with E-state index in [0.29, 0.717) is 5.56 Å². The number of nitriles is 1. The summed E-state index contributed by atoms with van der Waals surface area (Å²) in [6.45, 7) is 0. The van der Waals surface area contributed by atoms with Crippen LogP contribution < -0.4 is 5.73 Å². The first-order valence-corrected chi connectivity index (χ1v) is 4.50. The van der Waals surface area contributed by atoms with E-state index in [2.05, 4.69) is 0 Å². The van der Waals surface area contributed by atoms with Gasteiger partial charge in [-0.3, -0.25) is 10.1 Å². The van der Waals surface area contributed by atoms with Crippen LogP contribution in [-0.2, 0) is 0 Å². The monoisotopic (exact) mass is 261 g/mol. The van der Waals surface area contributed by atoms with Crippen LogP contribution in [-0.4, -0.2) is 4.92 Å². The largest absolute Gasteiger partial charge is 0.323 e. The second kappa shape index (κ2) is 6.28. The van der Waals surface area contributed by atoms with E-state index in [9.17, 15) is 10.1 Å². The van der Waals surface area contributed by atoms with Crippen LogP contribution in [0.5, 0.6) is 0 Å². The van der Waals surface area contributed by atoms with Crippen LogP contribution in [0, 0.1) is 21.4 Å². The molecule has 5 nitrogen and oxygen atoms in total. The van der Waals surface area contributed by atoms with Gasteiger partial charge in [-0.1, -0.05) is 17.7 Å². The lowest BCUT2D eigenvalue weighted by molar-refractivity contribution is -0.384. The Morgan fingerprint density at radius 1 is 1.62 bits per heavy atom. The lowest BCUT2D eigenvalue weighted by Gasteiger charge is -2.07. The summed E-state index contributed by atoms with van der Waals surface area (Å²) in [5, 5.41) is 19.1. The van der Waals surface area contributed by atoms with Crippen molar-refractivity contribution in [2.75, 3.05) is 0 Å². The average molecular weight is 262 g/mol. The van der Waals surface area contributed by atoms with Gasteiger partial charge in [-0.2, -0.15) is 5.26 Å². The van der Waals surface area contributed by atoms with Crippen LogP contribution in [0.15, 0.2) is 18.2 Å². The topological polar surface area (TPSA) is 93.0 Å². The second-order valence-electron chi connectivity index (χ2n) is 2.94. The summed E-state index contributed by atoms with van der Waals surface area (Å²) in [4.78, 5) is 9.99. The van der Waals surface area contributed by atoms with Gasteiger partial charge in [0.05, 0.1) is 17.4 Å². The fourth-order valence-corrected chi connectivity index (χ4v) is 1.30. The molecule has 2 N–H and O–H groups in total. The van der Waals surface area contributed by atoms with E-state index in [1.54, 1.807) is 6.07 Å². The van der Waals surface area contributed by atoms with Crippen molar-refractivity contribution < 1.29 is 4.92 Å². The smallest absolute Gasteiger partial charge is 0.288 e. The molecule has 0 aliphatic rings. The first-order valence-electron chi connectivity index (χ1n) is 4.12. The van der Waals surface area contributed by atoms with Gasteiger partial charge in [0.15, 0.2) is 0 Å². The maximum atomic E-state index is 10.6. The molecule has 1 rings (SSSR count). The Kier molecular flexibility index (Phi) is 5.75. The second-order valence-corrected chi connectivity index (χ2v) is 3.34. The zero-order chi connectivity index (χ0) is 11.4. The number of hydrogen-bond acceptors (Lipinski definition) is 4. The van der Waals surface area contributed by atoms with Crippen molar-refractivity contribution in [1.29, 1.82) is 5.26 Å². The van der Waals surface area contributed by atoms with Crippen LogP contribution in [0.2, 0.25) is 5.02 Å². The highest BCUT2D eigenvalue weighted by Gasteiger charge is 2.15. The van der Waals surface area contributed by atoms with Crippen LogP contribution in [0.3, 0.4) is 0 Å². The molecule has 7 heteroatoms. The lowest BCUT2D eigenvalue weighted by Crippen LogP contribution is -2.09. The molecular formula is C9H9Cl2N3O2. The normalized spacial score (nSPS) is 11.1. The quantitative estimate of drug-likeness (QED) is 0.669. The van der Waals surface area contributed by atoms with E-state index in [-0.39, 0.29) is 29.5 Å². The van der Waals surface area contributed by atoms with E-state index in [4.69, 9.17) is 22.6 Å². The molecule has 0 saturated heterocycles. The molecule has 0 bridgehead atoms. The van der Waals surface area contributed by atoms with Crippen molar-refractivity contribution in [1.82, 2.24) is 0 Å². The maximum absolute atomic E-state index is 10.6. The summed E-state index contributed by atoms with van der Waals surface area (Å²) >= 11 is 5.63. The highest BCUT2D eigenvalue weighted by Crippen LogP contribution is 2.27. The Bertz CT molecular complexity index is 431. The predicted octanol–water partition coefficient (Wildman–Crippen LogP) is 2.58. The summed E-state index contributed by atoms with van der Waals surface area (Å²) in [6.07, 6.45) is 0.110. The number of nitrogens with zero attached hydrogens (tertiary/aromatic N) is 2. The van der Waals surface area contributed by atoms with Gasteiger partial charge in [0.25, 0.3) is 5.69 Å². The van der Waals surface area contributed by atoms with Crippen LogP contribution >= 0.6 is 24.0 Å². The molecule has 0 aliphatic carbocycles. The predicted molar refractivity (Wildman–Crippen MR) is 62.5 cm³/mol. The Morgan fingerprint density at radius 2 is 2.25 bits per heavy atom. The number of benzene rings is 1. The molecular weight excluding hydrogens is 253 g/mol. The fourth-order valence-electron chi connectivity index (χ4n) is 1.12. The molecule has 0 heterocycles. The summed E-state index contributed by atoms with van der Waals surface area (Å²) in [7, 11) is 0. The molecule has 1 aromatic rings. The number of rotatable bonds is 3. The minimum absolute atomic E-state index is 0. The number of nitrogens with two attached hydrogens (primary N) is 1. The molecule has 0 fully saturated rings. The van der Waals surface area contributed by atoms with Gasteiger partial charge in [-0.15, -0.1) is 12.4 Å². The van der Waals surface area contributed by atoms with Gasteiger partial charge in [-0.25, -0.2) is 0 Å². The number of nitro groups is 1. The maximum Gasteiger partial charge on any atom is 0.288 e. The number of nitro benzene ring substituents is 1. The molecule has 0 unspecified atom stereocenters. The zero-order valence-electron chi connectivity index (χ0n) is 8.09. The van der Waals surface area contributed by atoms with E-state index in [1.807, 2.05) is 6.07 Å². The first kappa shape index (κ1) is 14.6. The zero-order valence-corrected chi connectivity index (χ0v) is 9.66. The van der Waals surface area contributed by atoms with Crippen LogP contribution in [0.4, 0.5) is 5.69 Å². The number of hydrogen-bond donors (Lipinski definition) is 1. The Morgan fingerprint density at radius 3 is 2.75 bits per heavy atom. The number of halogens is 2. The van der Waals surface area contributed by atoms with Gasteiger partial charge in [0.1, 0.15) is 5.02 Å². The summed E-state index contributed by atoms with van der Waals surface area (Å²) in [5.74, 6) is 0. The SMILES string of the molecule is Cl.N#CC[C@@H](N)c1ccc(Cl)c([N+](=O)[O-])c1. The average Bonchev–Trinajstić information content (AvgIpc) is 2.18. The van der Waals surface area contributed by atoms with Gasteiger partial charge < -0.3 is 5.73 Å². The van der Waals surface area contributed by atoms with E-state index in [0.717, 1.165) is 0 Å². The van der Waals surface area contributed by atoms with Crippen molar-refractivity contribution in [3.05, 3.63) is 38.9 Å². The minimum atomic E-state index is -0.578. The van der Waals surface area contributed by atoms with Gasteiger partial charge >= 0.3 is 0 Å². The molecule has 86 valence electrons. The highest BCUT2D eigenvalue weighted by atomic mass is 35.5. The van der Waals surface area contributed by atoms with Crippen LogP contribution in [0.1, 0.15) is 18.0 Å². The Labute approximate surface area is 103 Å². The van der Waals surface area contributed by atoms with Crippen molar-refractivity contribution in [2.24, 2.45) is 5.73 Å². The van der Waals surface area contributed by atoms with Crippen molar-refractivity contribution in [3.63, 3.8) is 0 Å². The van der Waals surface area contributed by atoms with Crippen molar-refractivity contribution in [3.8, 4) is 6.07 Å². The molecule has 16 heavy (non-hydrogen) atoms. The van der Waals surface area contributed by atoms with Crippen LogP contribution in [0.25, 0.3) is 0 Å². The molecule has 0 aliphatic heterocycles. The third-order valence-corrected chi connectivity index (χ3v) is 2.23. The summed E-state index contributed by atoms with van der Waals surface area (Å²) in [5.41, 5.74) is 5.98. The van der Waals surface area contributed by atoms with Gasteiger partial charge in [-0.05, 0) is 11.6 Å². The molecule has 1 aromatic carbocycles. The van der Waals surface area contributed by atoms with Crippen molar-refractivity contribution >= 4 is 29.7 Å². The van der Waals surface area contributed by atoms with Crippen molar-refractivity contribution in [2.45, 2.75) is 12.5 Å². The minimum Gasteiger partial charge on any atom is -0.323 e. The third-order valence-electron chi connectivity index (χ3n) is 1.91. The molecule has 0 spiro atoms. The van der Waals surface area contributed by atoms with Gasteiger partial charge in [0.2, 0.25) is 0 Å². The molecule has 1 atom stereocenters. The lowest BCUT2D eigenvalue weighted by atomic mass is 10.0. The molecule has 0 saturated carbocycles.